The van der Waals surface area contributed by atoms with Crippen molar-refractivity contribution in [2.45, 2.75) is 46.5 Å². The van der Waals surface area contributed by atoms with Gasteiger partial charge in [-0.15, -0.1) is 0 Å². The van der Waals surface area contributed by atoms with Gasteiger partial charge in [0.25, 0.3) is 0 Å². The van der Waals surface area contributed by atoms with Gasteiger partial charge in [-0.2, -0.15) is 5.57 Å². The third kappa shape index (κ3) is 5.15. The molecule has 2 rings (SSSR count). The molecule has 1 aliphatic rings. The van der Waals surface area contributed by atoms with Gasteiger partial charge >= 0.3 is 21.7 Å². The first-order valence-electron chi connectivity index (χ1n) is 6.29. The number of hydrogen-bond acceptors (Lipinski definition) is 0. The summed E-state index contributed by atoms with van der Waals surface area (Å²) in [6, 6.07) is 4.46. The van der Waals surface area contributed by atoms with E-state index in [9.17, 15) is 0 Å². The van der Waals surface area contributed by atoms with Crippen molar-refractivity contribution >= 4 is 0 Å². The summed E-state index contributed by atoms with van der Waals surface area (Å²) in [4.78, 5) is 0. The van der Waals surface area contributed by atoms with Gasteiger partial charge in [0.1, 0.15) is 0 Å². The second-order valence-corrected chi connectivity index (χ2v) is 5.55. The van der Waals surface area contributed by atoms with Crippen molar-refractivity contribution < 1.29 is 58.9 Å². The molecule has 0 bridgehead atoms. The van der Waals surface area contributed by atoms with E-state index in [1.807, 2.05) is 0 Å². The molecule has 1 aromatic rings. The minimum absolute atomic E-state index is 0. The van der Waals surface area contributed by atoms with Gasteiger partial charge in [-0.05, 0) is 48.4 Å². The molecule has 21 heavy (non-hydrogen) atoms. The molecule has 0 radical (unpaired) electrons. The number of rotatable bonds is 2. The second kappa shape index (κ2) is 10.1. The summed E-state index contributed by atoms with van der Waals surface area (Å²) in [6.45, 7) is 11.3. The van der Waals surface area contributed by atoms with E-state index < -0.39 is 0 Å². The molecule has 0 saturated carbocycles. The molecule has 0 amide bonds. The molecule has 1 aromatic carbocycles. The molecule has 0 nitrogen and oxygen atoms in total. The van der Waals surface area contributed by atoms with E-state index in [1.165, 1.54) is 27.8 Å². The number of benzene rings is 1. The van der Waals surface area contributed by atoms with Crippen molar-refractivity contribution in [2.75, 3.05) is 0 Å². The standard InChI is InChI=1S/C17H21.3ClH.Ti/c1-12-10-11-13(2)16(14(12)3)17(4,5)15-8-6-7-9-15;;;;/h6-7,10-11H,8H2,1-5H3;3*1H;/q-1;;;;+4/p-3. The van der Waals surface area contributed by atoms with Crippen molar-refractivity contribution in [3.63, 3.8) is 0 Å². The van der Waals surface area contributed by atoms with Crippen LogP contribution < -0.4 is 37.2 Å². The average molecular weight is 380 g/mol. The van der Waals surface area contributed by atoms with Gasteiger partial charge in [-0.3, -0.25) is 6.08 Å². The Labute approximate surface area is 163 Å². The van der Waals surface area contributed by atoms with Crippen molar-refractivity contribution in [3.05, 3.63) is 58.2 Å². The minimum Gasteiger partial charge on any atom is -1.00 e. The van der Waals surface area contributed by atoms with Crippen LogP contribution in [-0.2, 0) is 27.1 Å². The topological polar surface area (TPSA) is 0 Å². The third-order valence-electron chi connectivity index (χ3n) is 4.02. The summed E-state index contributed by atoms with van der Waals surface area (Å²) in [5.74, 6) is 0. The van der Waals surface area contributed by atoms with E-state index >= 15 is 0 Å². The number of allylic oxidation sites excluding steroid dienone is 4. The maximum atomic E-state index is 3.41. The van der Waals surface area contributed by atoms with Crippen LogP contribution in [-0.4, -0.2) is 0 Å². The summed E-state index contributed by atoms with van der Waals surface area (Å²) in [6.07, 6.45) is 8.69. The largest absolute Gasteiger partial charge is 4.00 e. The third-order valence-corrected chi connectivity index (χ3v) is 4.02. The molecule has 0 aromatic heterocycles. The minimum atomic E-state index is 0. The summed E-state index contributed by atoms with van der Waals surface area (Å²) in [5, 5.41) is 0. The quantitative estimate of drug-likeness (QED) is 0.360. The van der Waals surface area contributed by atoms with E-state index in [0.717, 1.165) is 6.42 Å². The van der Waals surface area contributed by atoms with Crippen LogP contribution >= 0.6 is 0 Å². The zero-order valence-corrected chi connectivity index (χ0v) is 17.0. The molecular weight excluding hydrogens is 358 g/mol. The molecule has 0 fully saturated rings. The SMILES string of the molecule is Cc1ccc(C)c(C(C)(C)C2=[C-]C=CC2)c1C.[Cl-].[Cl-].[Cl-].[Ti+4]. The first kappa shape index (κ1) is 26.2. The van der Waals surface area contributed by atoms with Crippen molar-refractivity contribution in [1.82, 2.24) is 0 Å². The fourth-order valence-corrected chi connectivity index (χ4v) is 2.89. The van der Waals surface area contributed by atoms with Gasteiger partial charge in [0, 0.05) is 0 Å². The smallest absolute Gasteiger partial charge is 1.00 e. The van der Waals surface area contributed by atoms with Crippen LogP contribution in [0.1, 0.15) is 42.5 Å². The Hall–Kier alpha value is 0.284. The van der Waals surface area contributed by atoms with Gasteiger partial charge in [0.2, 0.25) is 0 Å². The van der Waals surface area contributed by atoms with Crippen molar-refractivity contribution in [1.29, 1.82) is 0 Å². The predicted octanol–water partition coefficient (Wildman–Crippen LogP) is -4.41. The van der Waals surface area contributed by atoms with E-state index in [-0.39, 0.29) is 64.4 Å². The maximum absolute atomic E-state index is 3.41. The van der Waals surface area contributed by atoms with Crippen LogP contribution in [0.3, 0.4) is 0 Å². The van der Waals surface area contributed by atoms with Crippen molar-refractivity contribution in [2.24, 2.45) is 0 Å². The number of halogens is 3. The van der Waals surface area contributed by atoms with Gasteiger partial charge in [-0.25, -0.2) is 12.2 Å². The fraction of sp³-hybridized carbons (Fsp3) is 0.412. The molecule has 0 aliphatic heterocycles. The molecular formula is C17H21Cl3Ti. The molecule has 4 heteroatoms. The Bertz CT molecular complexity index is 517. The Kier molecular flexibility index (Phi) is 12.6. The summed E-state index contributed by atoms with van der Waals surface area (Å²) >= 11 is 0. The Morgan fingerprint density at radius 1 is 0.952 bits per heavy atom. The molecule has 0 heterocycles. The zero-order chi connectivity index (χ0) is 12.6. The summed E-state index contributed by atoms with van der Waals surface area (Å²) < 4.78 is 0. The predicted molar refractivity (Wildman–Crippen MR) is 74.2 cm³/mol. The van der Waals surface area contributed by atoms with E-state index in [2.05, 4.69) is 65.0 Å². The van der Waals surface area contributed by atoms with E-state index in [0.29, 0.717) is 0 Å². The Morgan fingerprint density at radius 3 is 1.95 bits per heavy atom. The summed E-state index contributed by atoms with van der Waals surface area (Å²) in [7, 11) is 0. The Morgan fingerprint density at radius 2 is 1.48 bits per heavy atom. The first-order valence-corrected chi connectivity index (χ1v) is 6.29. The van der Waals surface area contributed by atoms with Gasteiger partial charge in [-0.1, -0.05) is 32.4 Å². The van der Waals surface area contributed by atoms with Crippen LogP contribution in [0.15, 0.2) is 29.9 Å². The molecule has 1 aliphatic carbocycles. The molecule has 0 spiro atoms. The van der Waals surface area contributed by atoms with Gasteiger partial charge in [0.15, 0.2) is 0 Å². The van der Waals surface area contributed by atoms with Gasteiger partial charge in [0.05, 0.1) is 0 Å². The van der Waals surface area contributed by atoms with E-state index in [4.69, 9.17) is 0 Å². The van der Waals surface area contributed by atoms with Crippen LogP contribution in [0, 0.1) is 26.8 Å². The normalized spacial score (nSPS) is 12.3. The van der Waals surface area contributed by atoms with E-state index in [1.54, 1.807) is 0 Å². The van der Waals surface area contributed by atoms with Gasteiger partial charge < -0.3 is 37.2 Å². The second-order valence-electron chi connectivity index (χ2n) is 5.55. The molecule has 114 valence electrons. The fourth-order valence-electron chi connectivity index (χ4n) is 2.89. The number of hydrogen-bond donors (Lipinski definition) is 0. The van der Waals surface area contributed by atoms with Crippen LogP contribution in [0.5, 0.6) is 0 Å². The molecule has 0 N–H and O–H groups in total. The van der Waals surface area contributed by atoms with Crippen molar-refractivity contribution in [3.8, 4) is 0 Å². The van der Waals surface area contributed by atoms with Crippen LogP contribution in [0.25, 0.3) is 0 Å². The number of aryl methyl sites for hydroxylation is 2. The first-order chi connectivity index (χ1) is 7.94. The summed E-state index contributed by atoms with van der Waals surface area (Å²) in [5.41, 5.74) is 7.16. The monoisotopic (exact) mass is 378 g/mol. The molecule has 0 saturated heterocycles. The molecule has 0 atom stereocenters. The zero-order valence-electron chi connectivity index (χ0n) is 13.2. The Balaban J connectivity index is -0.000000810. The van der Waals surface area contributed by atoms with Crippen LogP contribution in [0.4, 0.5) is 0 Å². The maximum Gasteiger partial charge on any atom is 4.00 e. The molecule has 0 unspecified atom stereocenters. The van der Waals surface area contributed by atoms with Crippen LogP contribution in [0.2, 0.25) is 0 Å². The average Bonchev–Trinajstić information content (AvgIpc) is 2.77.